The fourth-order valence-electron chi connectivity index (χ4n) is 2.89. The molecule has 8 nitrogen and oxygen atoms in total. The van der Waals surface area contributed by atoms with Gasteiger partial charge in [-0.25, -0.2) is 18.8 Å². The lowest BCUT2D eigenvalue weighted by Gasteiger charge is -2.17. The molecule has 1 aliphatic rings. The summed E-state index contributed by atoms with van der Waals surface area (Å²) in [6.07, 6.45) is 4.74. The molecule has 1 aromatic heterocycles. The number of aliphatic imine (C=N–C) groups is 2. The fourth-order valence-corrected chi connectivity index (χ4v) is 2.89. The predicted octanol–water partition coefficient (Wildman–Crippen LogP) is 3.87. The molecule has 1 aromatic rings. The summed E-state index contributed by atoms with van der Waals surface area (Å²) >= 11 is 0. The summed E-state index contributed by atoms with van der Waals surface area (Å²) in [6.45, 7) is 6.15. The van der Waals surface area contributed by atoms with Crippen LogP contribution in [0.1, 0.15) is 39.2 Å². The Morgan fingerprint density at radius 3 is 2.76 bits per heavy atom. The topological polar surface area (TPSA) is 120 Å². The number of ether oxygens (including phenoxy) is 2. The third kappa shape index (κ3) is 7.67. The van der Waals surface area contributed by atoms with Crippen LogP contribution < -0.4 is 21.5 Å². The SMILES string of the molecule is CC/C(C)=C(N)/C=C(\N=C(/C)C(F)F)Nc1cc(OC2CCOC2)c(/C(C=NC)=C/N)cn1. The highest BCUT2D eigenvalue weighted by atomic mass is 19.3. The standard InChI is InChI=1S/C23H32F2N6O2/c1-5-14(2)19(27)8-22(30-15(3)23(24)25)31-21-9-20(33-17-6-7-32-13-17)18(12-29-21)16(10-26)11-28-4/h8-12,17,23H,5-7,13,26-27H2,1-4H3,(H,29,31)/b16-10+,19-14-,22-8+,28-11?,30-15+. The zero-order valence-corrected chi connectivity index (χ0v) is 19.4. The Balaban J connectivity index is 2.49. The van der Waals surface area contributed by atoms with Crippen LogP contribution in [-0.4, -0.2) is 49.7 Å². The van der Waals surface area contributed by atoms with Gasteiger partial charge in [0.2, 0.25) is 0 Å². The van der Waals surface area contributed by atoms with Crippen LogP contribution in [-0.2, 0) is 4.74 Å². The number of alkyl halides is 2. The second-order valence-corrected chi connectivity index (χ2v) is 7.48. The van der Waals surface area contributed by atoms with Gasteiger partial charge in [-0.3, -0.25) is 4.99 Å². The van der Waals surface area contributed by atoms with Gasteiger partial charge in [0.05, 0.1) is 18.9 Å². The summed E-state index contributed by atoms with van der Waals surface area (Å²) in [5, 5.41) is 2.98. The van der Waals surface area contributed by atoms with Crippen molar-refractivity contribution in [2.45, 2.75) is 46.1 Å². The molecule has 0 saturated carbocycles. The fraction of sp³-hybridized carbons (Fsp3) is 0.435. The van der Waals surface area contributed by atoms with E-state index in [1.54, 1.807) is 25.5 Å². The van der Waals surface area contributed by atoms with Gasteiger partial charge < -0.3 is 26.3 Å². The lowest BCUT2D eigenvalue weighted by atomic mass is 10.1. The van der Waals surface area contributed by atoms with Gasteiger partial charge in [0.1, 0.15) is 23.5 Å². The summed E-state index contributed by atoms with van der Waals surface area (Å²) in [7, 11) is 1.63. The second kappa shape index (κ2) is 12.7. The molecule has 2 heterocycles. The van der Waals surface area contributed by atoms with Crippen molar-refractivity contribution in [2.24, 2.45) is 21.5 Å². The van der Waals surface area contributed by atoms with Crippen molar-refractivity contribution >= 4 is 23.3 Å². The van der Waals surface area contributed by atoms with E-state index in [4.69, 9.17) is 20.9 Å². The molecule has 1 saturated heterocycles. The number of aromatic nitrogens is 1. The van der Waals surface area contributed by atoms with Crippen LogP contribution in [0.3, 0.4) is 0 Å². The van der Waals surface area contributed by atoms with Gasteiger partial charge in [-0.15, -0.1) is 0 Å². The van der Waals surface area contributed by atoms with Crippen LogP contribution in [0.5, 0.6) is 5.75 Å². The maximum Gasteiger partial charge on any atom is 0.276 e. The Morgan fingerprint density at radius 2 is 2.18 bits per heavy atom. The average molecular weight is 463 g/mol. The number of nitrogens with zero attached hydrogens (tertiary/aromatic N) is 3. The number of rotatable bonds is 10. The molecule has 33 heavy (non-hydrogen) atoms. The highest BCUT2D eigenvalue weighted by molar-refractivity contribution is 6.10. The van der Waals surface area contributed by atoms with Crippen molar-refractivity contribution in [1.82, 2.24) is 4.98 Å². The van der Waals surface area contributed by atoms with Gasteiger partial charge in [0, 0.05) is 61.1 Å². The molecule has 2 rings (SSSR count). The largest absolute Gasteiger partial charge is 0.487 e. The molecule has 1 fully saturated rings. The molecule has 0 aliphatic carbocycles. The monoisotopic (exact) mass is 462 g/mol. The first-order valence-electron chi connectivity index (χ1n) is 10.6. The summed E-state index contributed by atoms with van der Waals surface area (Å²) in [5.74, 6) is 0.983. The van der Waals surface area contributed by atoms with Gasteiger partial charge in [-0.05, 0) is 20.3 Å². The van der Waals surface area contributed by atoms with E-state index in [9.17, 15) is 8.78 Å². The molecule has 0 bridgehead atoms. The van der Waals surface area contributed by atoms with Gasteiger partial charge in [-0.1, -0.05) is 12.5 Å². The molecule has 0 aromatic carbocycles. The van der Waals surface area contributed by atoms with Gasteiger partial charge in [-0.2, -0.15) is 0 Å². The number of halogens is 2. The Kier molecular flexibility index (Phi) is 9.99. The van der Waals surface area contributed by atoms with Crippen molar-refractivity contribution in [2.75, 3.05) is 25.6 Å². The summed E-state index contributed by atoms with van der Waals surface area (Å²) in [4.78, 5) is 12.4. The second-order valence-electron chi connectivity index (χ2n) is 7.48. The minimum atomic E-state index is -2.70. The van der Waals surface area contributed by atoms with Gasteiger partial charge in [0.15, 0.2) is 0 Å². The summed E-state index contributed by atoms with van der Waals surface area (Å²) in [6, 6.07) is 1.66. The van der Waals surface area contributed by atoms with Crippen molar-refractivity contribution in [3.63, 3.8) is 0 Å². The van der Waals surface area contributed by atoms with Crippen LogP contribution in [0.25, 0.3) is 5.57 Å². The van der Waals surface area contributed by atoms with E-state index >= 15 is 0 Å². The maximum atomic E-state index is 13.1. The van der Waals surface area contributed by atoms with E-state index in [1.807, 2.05) is 13.8 Å². The minimum Gasteiger partial charge on any atom is -0.487 e. The van der Waals surface area contributed by atoms with E-state index < -0.39 is 6.43 Å². The zero-order chi connectivity index (χ0) is 24.4. The van der Waals surface area contributed by atoms with Crippen LogP contribution in [0.2, 0.25) is 0 Å². The van der Waals surface area contributed by atoms with E-state index in [1.165, 1.54) is 19.2 Å². The number of anilines is 1. The molecule has 0 spiro atoms. The van der Waals surface area contributed by atoms with Crippen LogP contribution in [0.4, 0.5) is 14.6 Å². The number of allylic oxidation sites excluding steroid dienone is 3. The van der Waals surface area contributed by atoms with E-state index in [0.29, 0.717) is 48.0 Å². The Hall–Kier alpha value is -3.27. The Morgan fingerprint density at radius 1 is 1.42 bits per heavy atom. The van der Waals surface area contributed by atoms with Crippen molar-refractivity contribution < 1.29 is 18.3 Å². The van der Waals surface area contributed by atoms with Crippen LogP contribution in [0, 0.1) is 0 Å². The Bertz CT molecular complexity index is 964. The first-order valence-corrected chi connectivity index (χ1v) is 10.6. The van der Waals surface area contributed by atoms with Crippen molar-refractivity contribution in [3.8, 4) is 5.75 Å². The van der Waals surface area contributed by atoms with Gasteiger partial charge in [0.25, 0.3) is 6.43 Å². The molecule has 0 radical (unpaired) electrons. The molecule has 1 aliphatic heterocycles. The summed E-state index contributed by atoms with van der Waals surface area (Å²) in [5.41, 5.74) is 14.1. The van der Waals surface area contributed by atoms with Crippen LogP contribution in [0.15, 0.2) is 51.6 Å². The highest BCUT2D eigenvalue weighted by Crippen LogP contribution is 2.29. The normalized spacial score (nSPS) is 18.8. The smallest absolute Gasteiger partial charge is 0.276 e. The zero-order valence-electron chi connectivity index (χ0n) is 19.4. The lowest BCUT2D eigenvalue weighted by Crippen LogP contribution is -2.17. The van der Waals surface area contributed by atoms with E-state index in [-0.39, 0.29) is 17.6 Å². The van der Waals surface area contributed by atoms with Crippen LogP contribution >= 0.6 is 0 Å². The number of hydrogen-bond acceptors (Lipinski definition) is 8. The molecule has 0 amide bonds. The minimum absolute atomic E-state index is 0.128. The first-order chi connectivity index (χ1) is 15.8. The molecule has 180 valence electrons. The molecule has 1 unspecified atom stereocenters. The summed E-state index contributed by atoms with van der Waals surface area (Å²) < 4.78 is 37.8. The molecule has 1 atom stereocenters. The lowest BCUT2D eigenvalue weighted by molar-refractivity contribution is 0.141. The van der Waals surface area contributed by atoms with Gasteiger partial charge >= 0.3 is 0 Å². The van der Waals surface area contributed by atoms with Crippen molar-refractivity contribution in [1.29, 1.82) is 0 Å². The highest BCUT2D eigenvalue weighted by Gasteiger charge is 2.20. The first kappa shape index (κ1) is 26.0. The van der Waals surface area contributed by atoms with E-state index in [0.717, 1.165) is 12.0 Å². The third-order valence-electron chi connectivity index (χ3n) is 4.99. The molecule has 10 heteroatoms. The van der Waals surface area contributed by atoms with E-state index in [2.05, 4.69) is 20.3 Å². The number of nitrogens with two attached hydrogens (primary N) is 2. The number of hydrogen-bond donors (Lipinski definition) is 3. The number of nitrogens with one attached hydrogen (secondary N) is 1. The predicted molar refractivity (Wildman–Crippen MR) is 129 cm³/mol. The maximum absolute atomic E-state index is 13.1. The quantitative estimate of drug-likeness (QED) is 0.359. The third-order valence-corrected chi connectivity index (χ3v) is 4.99. The molecule has 5 N–H and O–H groups in total. The molecular weight excluding hydrogens is 430 g/mol. The Labute approximate surface area is 193 Å². The average Bonchev–Trinajstić information content (AvgIpc) is 3.30. The molecular formula is C23H32F2N6O2. The number of pyridine rings is 1. The van der Waals surface area contributed by atoms with Crippen molar-refractivity contribution in [3.05, 3.63) is 47.2 Å².